The van der Waals surface area contributed by atoms with Gasteiger partial charge in [0, 0.05) is 25.0 Å². The highest BCUT2D eigenvalue weighted by Gasteiger charge is 2.19. The second-order valence-electron chi connectivity index (χ2n) is 11.2. The summed E-state index contributed by atoms with van der Waals surface area (Å²) in [6.07, 6.45) is 12.6. The van der Waals surface area contributed by atoms with E-state index in [4.69, 9.17) is 10.1 Å². The van der Waals surface area contributed by atoms with E-state index in [1.54, 1.807) is 0 Å². The van der Waals surface area contributed by atoms with Crippen molar-refractivity contribution in [3.8, 4) is 22.6 Å². The van der Waals surface area contributed by atoms with E-state index in [9.17, 15) is 0 Å². The fourth-order valence-corrected chi connectivity index (χ4v) is 6.37. The number of hydrogen-bond acceptors (Lipinski definition) is 5. The molecule has 5 aromatic rings. The third-order valence-corrected chi connectivity index (χ3v) is 8.51. The van der Waals surface area contributed by atoms with Gasteiger partial charge < -0.3 is 9.88 Å². The zero-order chi connectivity index (χ0) is 26.2. The number of anilines is 1. The Morgan fingerprint density at radius 3 is 2.41 bits per heavy atom. The molecule has 0 amide bonds. The monoisotopic (exact) mass is 519 g/mol. The Bertz CT molecular complexity index is 1600. The second kappa shape index (κ2) is 10.5. The van der Waals surface area contributed by atoms with E-state index >= 15 is 0 Å². The molecule has 3 aromatic heterocycles. The minimum Gasteiger partial charge on any atom is -0.368 e. The number of benzene rings is 2. The Hall–Kier alpha value is -3.71. The van der Waals surface area contributed by atoms with E-state index in [1.807, 2.05) is 12.4 Å². The maximum atomic E-state index is 5.06. The van der Waals surface area contributed by atoms with Crippen molar-refractivity contribution in [2.24, 2.45) is 0 Å². The number of likely N-dealkylation sites (tertiary alicyclic amines) is 1. The number of hydrogen-bond donors (Lipinski definition) is 2. The number of nitrogens with one attached hydrogen (secondary N) is 2. The minimum atomic E-state index is 0.785. The number of aromatic amines is 2. The van der Waals surface area contributed by atoms with Crippen LogP contribution in [0.15, 0.2) is 48.8 Å². The summed E-state index contributed by atoms with van der Waals surface area (Å²) in [4.78, 5) is 18.1. The van der Waals surface area contributed by atoms with Crippen molar-refractivity contribution in [2.45, 2.75) is 58.4 Å². The third-order valence-electron chi connectivity index (χ3n) is 8.51. The van der Waals surface area contributed by atoms with Gasteiger partial charge in [-0.3, -0.25) is 15.0 Å². The molecule has 5 heterocycles. The number of piperidine rings is 2. The van der Waals surface area contributed by atoms with E-state index in [0.29, 0.717) is 0 Å². The van der Waals surface area contributed by atoms with Crippen molar-refractivity contribution in [3.63, 3.8) is 0 Å². The molecule has 7 nitrogen and oxygen atoms in total. The molecule has 0 radical (unpaired) electrons. The summed E-state index contributed by atoms with van der Waals surface area (Å²) in [5.74, 6) is 0.785. The van der Waals surface area contributed by atoms with Crippen LogP contribution in [-0.4, -0.2) is 56.2 Å². The molecule has 0 aliphatic carbocycles. The highest BCUT2D eigenvalue weighted by molar-refractivity contribution is 5.97. The van der Waals surface area contributed by atoms with Crippen LogP contribution < -0.4 is 4.90 Å². The van der Waals surface area contributed by atoms with Gasteiger partial charge >= 0.3 is 0 Å². The Balaban J connectivity index is 1.25. The summed E-state index contributed by atoms with van der Waals surface area (Å²) >= 11 is 0. The largest absolute Gasteiger partial charge is 0.368 e. The first kappa shape index (κ1) is 24.3. The number of imidazole rings is 1. The summed E-state index contributed by atoms with van der Waals surface area (Å²) < 4.78 is 0. The average Bonchev–Trinajstić information content (AvgIpc) is 3.61. The second-order valence-corrected chi connectivity index (χ2v) is 11.2. The predicted octanol–water partition coefficient (Wildman–Crippen LogP) is 6.71. The van der Waals surface area contributed by atoms with Crippen LogP contribution in [0.25, 0.3) is 44.6 Å². The topological polar surface area (TPSA) is 76.7 Å². The molecule has 2 fully saturated rings. The van der Waals surface area contributed by atoms with Crippen molar-refractivity contribution in [1.29, 1.82) is 0 Å². The van der Waals surface area contributed by atoms with Crippen LogP contribution in [0.5, 0.6) is 0 Å². The lowest BCUT2D eigenvalue weighted by Crippen LogP contribution is -2.29. The number of fused-ring (bicyclic) bond motifs is 2. The van der Waals surface area contributed by atoms with Gasteiger partial charge in [0.15, 0.2) is 5.82 Å². The van der Waals surface area contributed by atoms with Crippen molar-refractivity contribution < 1.29 is 0 Å². The van der Waals surface area contributed by atoms with E-state index in [-0.39, 0.29) is 0 Å². The van der Waals surface area contributed by atoms with Crippen molar-refractivity contribution in [3.05, 3.63) is 59.9 Å². The first-order valence-corrected chi connectivity index (χ1v) is 14.7. The normalized spacial score (nSPS) is 16.9. The Kier molecular flexibility index (Phi) is 6.52. The van der Waals surface area contributed by atoms with Gasteiger partial charge in [-0.15, -0.1) is 0 Å². The molecule has 200 valence electrons. The quantitative estimate of drug-likeness (QED) is 0.261. The zero-order valence-corrected chi connectivity index (χ0v) is 22.8. The fraction of sp³-hybridized carbons (Fsp3) is 0.406. The van der Waals surface area contributed by atoms with Crippen LogP contribution in [-0.2, 0) is 13.0 Å². The maximum Gasteiger partial charge on any atom is 0.159 e. The molecular weight excluding hydrogens is 482 g/mol. The van der Waals surface area contributed by atoms with Gasteiger partial charge in [-0.1, -0.05) is 31.5 Å². The van der Waals surface area contributed by atoms with E-state index in [2.05, 4.69) is 68.2 Å². The lowest BCUT2D eigenvalue weighted by atomic mass is 9.97. The molecule has 0 saturated carbocycles. The number of rotatable bonds is 6. The van der Waals surface area contributed by atoms with Gasteiger partial charge in [0.05, 0.1) is 29.1 Å². The van der Waals surface area contributed by atoms with Crippen molar-refractivity contribution in [1.82, 2.24) is 30.0 Å². The van der Waals surface area contributed by atoms with Crippen LogP contribution in [0.2, 0.25) is 0 Å². The predicted molar refractivity (Wildman–Crippen MR) is 159 cm³/mol. The lowest BCUT2D eigenvalue weighted by molar-refractivity contribution is 0.221. The SMILES string of the molecule is CCc1cc(CN2CCCCC2)cc(-c2ccc3[nH]nc(-c4nc5c(N6CCCCC6)cncc5[nH]4)c3c2)c1. The fourth-order valence-electron chi connectivity index (χ4n) is 6.37. The third kappa shape index (κ3) is 4.80. The van der Waals surface area contributed by atoms with Crippen molar-refractivity contribution in [2.75, 3.05) is 31.1 Å². The Labute approximate surface area is 229 Å². The van der Waals surface area contributed by atoms with E-state index < -0.39 is 0 Å². The number of aromatic nitrogens is 5. The highest BCUT2D eigenvalue weighted by atomic mass is 15.2. The van der Waals surface area contributed by atoms with Crippen LogP contribution >= 0.6 is 0 Å². The first-order chi connectivity index (χ1) is 19.2. The van der Waals surface area contributed by atoms with Gasteiger partial charge in [0.1, 0.15) is 11.2 Å². The molecule has 7 heteroatoms. The van der Waals surface area contributed by atoms with Crippen LogP contribution in [0.1, 0.15) is 56.6 Å². The summed E-state index contributed by atoms with van der Waals surface area (Å²) in [6.45, 7) is 7.83. The standard InChI is InChI=1S/C32H37N7/c1-2-22-15-23(21-38-11-5-3-6-12-38)17-25(16-22)24-9-10-27-26(18-24)30(37-36-27)32-34-28-19-33-20-29(31(28)35-32)39-13-7-4-8-14-39/h9-10,15-20H,2-8,11-14,21H2,1H3,(H,34,35)(H,36,37). The van der Waals surface area contributed by atoms with Gasteiger partial charge in [-0.2, -0.15) is 5.10 Å². The smallest absolute Gasteiger partial charge is 0.159 e. The number of pyridine rings is 1. The summed E-state index contributed by atoms with van der Waals surface area (Å²) in [7, 11) is 0. The molecule has 2 aliphatic rings. The number of aryl methyl sites for hydroxylation is 1. The summed E-state index contributed by atoms with van der Waals surface area (Å²) in [5, 5.41) is 9.02. The Morgan fingerprint density at radius 1 is 0.795 bits per heavy atom. The van der Waals surface area contributed by atoms with Crippen LogP contribution in [0.4, 0.5) is 5.69 Å². The molecule has 2 N–H and O–H groups in total. The van der Waals surface area contributed by atoms with Gasteiger partial charge in [-0.05, 0) is 92.1 Å². The molecule has 0 unspecified atom stereocenters. The van der Waals surface area contributed by atoms with E-state index in [1.165, 1.54) is 73.9 Å². The maximum absolute atomic E-state index is 5.06. The van der Waals surface area contributed by atoms with Gasteiger partial charge in [-0.25, -0.2) is 4.98 Å². The van der Waals surface area contributed by atoms with E-state index in [0.717, 1.165) is 65.2 Å². The molecule has 7 rings (SSSR count). The molecule has 39 heavy (non-hydrogen) atoms. The van der Waals surface area contributed by atoms with Crippen LogP contribution in [0.3, 0.4) is 0 Å². The molecule has 2 saturated heterocycles. The van der Waals surface area contributed by atoms with Crippen molar-refractivity contribution >= 4 is 27.6 Å². The molecule has 0 atom stereocenters. The highest BCUT2D eigenvalue weighted by Crippen LogP contribution is 2.33. The average molecular weight is 520 g/mol. The number of H-pyrrole nitrogens is 2. The molecule has 2 aromatic carbocycles. The Morgan fingerprint density at radius 2 is 1.59 bits per heavy atom. The van der Waals surface area contributed by atoms with Gasteiger partial charge in [0.25, 0.3) is 0 Å². The molecular formula is C32H37N7. The first-order valence-electron chi connectivity index (χ1n) is 14.7. The lowest BCUT2D eigenvalue weighted by Gasteiger charge is -2.28. The zero-order valence-electron chi connectivity index (χ0n) is 22.8. The summed E-state index contributed by atoms with van der Waals surface area (Å²) in [6, 6.07) is 13.7. The van der Waals surface area contributed by atoms with Crippen LogP contribution in [0, 0.1) is 0 Å². The van der Waals surface area contributed by atoms with Gasteiger partial charge in [0.2, 0.25) is 0 Å². The minimum absolute atomic E-state index is 0.785. The molecule has 2 aliphatic heterocycles. The molecule has 0 spiro atoms. The summed E-state index contributed by atoms with van der Waals surface area (Å²) in [5.41, 5.74) is 10.2. The number of nitrogens with zero attached hydrogens (tertiary/aromatic N) is 5. The molecule has 0 bridgehead atoms.